The molecule has 0 fully saturated rings. The van der Waals surface area contributed by atoms with Crippen LogP contribution in [-0.4, -0.2) is 33.4 Å². The summed E-state index contributed by atoms with van der Waals surface area (Å²) < 4.78 is 11.2. The highest BCUT2D eigenvalue weighted by Crippen LogP contribution is 2.31. The van der Waals surface area contributed by atoms with Crippen LogP contribution in [0, 0.1) is 13.8 Å². The van der Waals surface area contributed by atoms with Crippen LogP contribution in [-0.2, 0) is 4.74 Å². The highest BCUT2D eigenvalue weighted by molar-refractivity contribution is 7.16. The van der Waals surface area contributed by atoms with Crippen molar-refractivity contribution in [2.24, 2.45) is 0 Å². The summed E-state index contributed by atoms with van der Waals surface area (Å²) in [5.41, 5.74) is 1.09. The number of thiophene rings is 1. The fraction of sp³-hybridized carbons (Fsp3) is 0.190. The van der Waals surface area contributed by atoms with Crippen LogP contribution in [0.25, 0.3) is 16.5 Å². The van der Waals surface area contributed by atoms with Crippen LogP contribution in [0.3, 0.4) is 0 Å². The molecule has 0 radical (unpaired) electrons. The number of benzene rings is 1. The van der Waals surface area contributed by atoms with Gasteiger partial charge in [-0.15, -0.1) is 11.3 Å². The van der Waals surface area contributed by atoms with E-state index in [0.29, 0.717) is 16.8 Å². The Morgan fingerprint density at radius 1 is 1.23 bits per heavy atom. The van der Waals surface area contributed by atoms with Crippen LogP contribution >= 0.6 is 11.3 Å². The lowest BCUT2D eigenvalue weighted by Crippen LogP contribution is -2.25. The zero-order valence-electron chi connectivity index (χ0n) is 17.0. The normalized spacial score (nSPS) is 10.9. The zero-order chi connectivity index (χ0) is 22.1. The summed E-state index contributed by atoms with van der Waals surface area (Å²) >= 11 is 1.11. The number of fused-ring (bicyclic) bond motifs is 1. The van der Waals surface area contributed by atoms with Gasteiger partial charge in [0.2, 0.25) is 0 Å². The van der Waals surface area contributed by atoms with Crippen molar-refractivity contribution in [3.05, 3.63) is 68.8 Å². The van der Waals surface area contributed by atoms with Crippen LogP contribution in [0.1, 0.15) is 39.2 Å². The van der Waals surface area contributed by atoms with Crippen LogP contribution in [0.4, 0.5) is 5.00 Å². The van der Waals surface area contributed by atoms with Crippen LogP contribution in [0.15, 0.2) is 45.0 Å². The van der Waals surface area contributed by atoms with Crippen molar-refractivity contribution in [3.63, 3.8) is 0 Å². The second-order valence-corrected chi connectivity index (χ2v) is 7.63. The molecule has 3 heterocycles. The molecule has 0 saturated heterocycles. The third-order valence-electron chi connectivity index (χ3n) is 4.49. The van der Waals surface area contributed by atoms with Gasteiger partial charge in [-0.2, -0.15) is 9.78 Å². The van der Waals surface area contributed by atoms with Gasteiger partial charge in [-0.3, -0.25) is 9.59 Å². The SMILES string of the molecule is CCOC(=O)c1nn(-c2ccc(C)cc2)c(=O)c2c(NC(=O)c3cc(C)on3)scc12. The lowest BCUT2D eigenvalue weighted by molar-refractivity contribution is 0.0520. The van der Waals surface area contributed by atoms with Crippen molar-refractivity contribution in [2.75, 3.05) is 11.9 Å². The Labute approximate surface area is 180 Å². The summed E-state index contributed by atoms with van der Waals surface area (Å²) in [6, 6.07) is 8.61. The van der Waals surface area contributed by atoms with Gasteiger partial charge in [0.15, 0.2) is 11.4 Å². The number of amides is 1. The van der Waals surface area contributed by atoms with Crippen molar-refractivity contribution < 1.29 is 18.8 Å². The van der Waals surface area contributed by atoms with E-state index in [0.717, 1.165) is 21.6 Å². The molecule has 3 aromatic heterocycles. The van der Waals surface area contributed by atoms with Gasteiger partial charge in [0.1, 0.15) is 10.8 Å². The molecule has 0 aliphatic rings. The minimum Gasteiger partial charge on any atom is -0.461 e. The Balaban J connectivity index is 1.89. The molecule has 0 unspecified atom stereocenters. The van der Waals surface area contributed by atoms with Crippen LogP contribution < -0.4 is 10.9 Å². The Morgan fingerprint density at radius 2 is 1.97 bits per heavy atom. The predicted octanol–water partition coefficient (Wildman–Crippen LogP) is 3.48. The average molecular weight is 438 g/mol. The standard InChI is InChI=1S/C21H18N4O5S/c1-4-29-21(28)17-14-10-31-19(22-18(26)15-9-12(3)30-24-15)16(14)20(27)25(23-17)13-7-5-11(2)6-8-13/h5-10H,4H2,1-3H3,(H,22,26). The molecule has 31 heavy (non-hydrogen) atoms. The second-order valence-electron chi connectivity index (χ2n) is 6.75. The fourth-order valence-corrected chi connectivity index (χ4v) is 3.93. The number of carbonyl (C=O) groups is 2. The number of nitrogens with one attached hydrogen (secondary N) is 1. The topological polar surface area (TPSA) is 116 Å². The molecule has 0 atom stereocenters. The summed E-state index contributed by atoms with van der Waals surface area (Å²) in [4.78, 5) is 38.4. The van der Waals surface area contributed by atoms with Crippen LogP contribution in [0.2, 0.25) is 0 Å². The van der Waals surface area contributed by atoms with Gasteiger partial charge >= 0.3 is 5.97 Å². The maximum absolute atomic E-state index is 13.3. The number of ether oxygens (including phenoxy) is 1. The molecule has 4 aromatic rings. The molecule has 10 heteroatoms. The van der Waals surface area contributed by atoms with Gasteiger partial charge < -0.3 is 14.6 Å². The Morgan fingerprint density at radius 3 is 2.61 bits per heavy atom. The first-order valence-corrected chi connectivity index (χ1v) is 10.3. The number of rotatable bonds is 5. The molecular weight excluding hydrogens is 420 g/mol. The summed E-state index contributed by atoms with van der Waals surface area (Å²) in [6.45, 7) is 5.43. The third-order valence-corrected chi connectivity index (χ3v) is 5.38. The molecule has 0 saturated carbocycles. The van der Waals surface area contributed by atoms with E-state index in [1.807, 2.05) is 19.1 Å². The summed E-state index contributed by atoms with van der Waals surface area (Å²) in [5.74, 6) is -0.704. The van der Waals surface area contributed by atoms with Crippen molar-refractivity contribution in [1.29, 1.82) is 0 Å². The molecule has 1 aromatic carbocycles. The smallest absolute Gasteiger partial charge is 0.359 e. The maximum atomic E-state index is 13.3. The molecule has 0 spiro atoms. The van der Waals surface area contributed by atoms with Gasteiger partial charge in [-0.1, -0.05) is 22.9 Å². The van der Waals surface area contributed by atoms with Gasteiger partial charge in [-0.05, 0) is 32.9 Å². The molecule has 1 N–H and O–H groups in total. The van der Waals surface area contributed by atoms with E-state index in [1.165, 1.54) is 6.07 Å². The van der Waals surface area contributed by atoms with Gasteiger partial charge in [0.25, 0.3) is 11.5 Å². The molecule has 9 nitrogen and oxygen atoms in total. The van der Waals surface area contributed by atoms with Crippen molar-refractivity contribution >= 4 is 39.0 Å². The Kier molecular flexibility index (Phi) is 5.38. The van der Waals surface area contributed by atoms with E-state index in [2.05, 4.69) is 15.6 Å². The van der Waals surface area contributed by atoms with Crippen LogP contribution in [0.5, 0.6) is 0 Å². The van der Waals surface area contributed by atoms with E-state index in [4.69, 9.17) is 9.26 Å². The highest BCUT2D eigenvalue weighted by atomic mass is 32.1. The van der Waals surface area contributed by atoms with E-state index in [9.17, 15) is 14.4 Å². The molecule has 0 bridgehead atoms. The first kappa shape index (κ1) is 20.5. The summed E-state index contributed by atoms with van der Waals surface area (Å²) in [6.07, 6.45) is 0. The molecular formula is C21H18N4O5S. The number of hydrogen-bond donors (Lipinski definition) is 1. The Bertz CT molecular complexity index is 1350. The van der Waals surface area contributed by atoms with E-state index < -0.39 is 17.4 Å². The average Bonchev–Trinajstić information content (AvgIpc) is 3.36. The number of carbonyl (C=O) groups excluding carboxylic acids is 2. The predicted molar refractivity (Wildman–Crippen MR) is 115 cm³/mol. The number of anilines is 1. The number of hydrogen-bond acceptors (Lipinski definition) is 8. The number of nitrogens with zero attached hydrogens (tertiary/aromatic N) is 3. The highest BCUT2D eigenvalue weighted by Gasteiger charge is 2.24. The monoisotopic (exact) mass is 438 g/mol. The molecule has 4 rings (SSSR count). The lowest BCUT2D eigenvalue weighted by Gasteiger charge is -2.10. The number of aromatic nitrogens is 3. The van der Waals surface area contributed by atoms with Crippen molar-refractivity contribution in [1.82, 2.24) is 14.9 Å². The minimum atomic E-state index is -0.656. The van der Waals surface area contributed by atoms with E-state index >= 15 is 0 Å². The first-order valence-electron chi connectivity index (χ1n) is 9.42. The zero-order valence-corrected chi connectivity index (χ0v) is 17.8. The maximum Gasteiger partial charge on any atom is 0.359 e. The van der Waals surface area contributed by atoms with Gasteiger partial charge in [-0.25, -0.2) is 4.79 Å². The third kappa shape index (κ3) is 3.84. The Hall–Kier alpha value is -3.79. The molecule has 158 valence electrons. The largest absolute Gasteiger partial charge is 0.461 e. The lowest BCUT2D eigenvalue weighted by atomic mass is 10.2. The van der Waals surface area contributed by atoms with Gasteiger partial charge in [0, 0.05) is 16.8 Å². The fourth-order valence-electron chi connectivity index (χ4n) is 2.99. The van der Waals surface area contributed by atoms with Crippen molar-refractivity contribution in [3.8, 4) is 5.69 Å². The summed E-state index contributed by atoms with van der Waals surface area (Å²) in [7, 11) is 0. The van der Waals surface area contributed by atoms with E-state index in [1.54, 1.807) is 31.4 Å². The molecule has 1 amide bonds. The van der Waals surface area contributed by atoms with E-state index in [-0.39, 0.29) is 28.4 Å². The second kappa shape index (κ2) is 8.15. The quantitative estimate of drug-likeness (QED) is 0.474. The molecule has 0 aliphatic carbocycles. The first-order chi connectivity index (χ1) is 14.9. The number of aryl methyl sites for hydroxylation is 2. The van der Waals surface area contributed by atoms with Gasteiger partial charge in [0.05, 0.1) is 17.7 Å². The molecule has 0 aliphatic heterocycles. The number of esters is 1. The minimum absolute atomic E-state index is 0.00828. The van der Waals surface area contributed by atoms with Crippen molar-refractivity contribution in [2.45, 2.75) is 20.8 Å². The summed E-state index contributed by atoms with van der Waals surface area (Å²) in [5, 5.41) is 13.0.